The molecular formula is C10H14N2O4. The first-order chi connectivity index (χ1) is 7.56. The van der Waals surface area contributed by atoms with Crippen molar-refractivity contribution in [3.63, 3.8) is 0 Å². The summed E-state index contributed by atoms with van der Waals surface area (Å²) in [7, 11) is 1.40. The summed E-state index contributed by atoms with van der Waals surface area (Å²) < 4.78 is 4.92. The van der Waals surface area contributed by atoms with E-state index < -0.39 is 18.1 Å². The van der Waals surface area contributed by atoms with Gasteiger partial charge in [-0.3, -0.25) is 4.79 Å². The monoisotopic (exact) mass is 226 g/mol. The topological polar surface area (TPSA) is 106 Å². The van der Waals surface area contributed by atoms with E-state index in [0.29, 0.717) is 5.56 Å². The first-order valence-electron chi connectivity index (χ1n) is 4.69. The molecule has 2 atom stereocenters. The zero-order chi connectivity index (χ0) is 12.1. The van der Waals surface area contributed by atoms with Crippen molar-refractivity contribution in [2.45, 2.75) is 18.6 Å². The van der Waals surface area contributed by atoms with Crippen LogP contribution in [0.25, 0.3) is 0 Å². The van der Waals surface area contributed by atoms with Crippen LogP contribution in [0.2, 0.25) is 0 Å². The third-order valence-corrected chi connectivity index (χ3v) is 2.09. The average molecular weight is 226 g/mol. The van der Waals surface area contributed by atoms with E-state index in [1.807, 2.05) is 0 Å². The molecule has 0 fully saturated rings. The first-order valence-corrected chi connectivity index (χ1v) is 4.69. The van der Waals surface area contributed by atoms with Crippen LogP contribution in [0.3, 0.4) is 0 Å². The van der Waals surface area contributed by atoms with Gasteiger partial charge < -0.3 is 20.7 Å². The molecule has 1 heterocycles. The Bertz CT molecular complexity index is 370. The third kappa shape index (κ3) is 2.91. The Balaban J connectivity index is 2.86. The number of nitrogens with two attached hydrogens (primary N) is 1. The summed E-state index contributed by atoms with van der Waals surface area (Å²) in [5, 5.41) is 19.3. The van der Waals surface area contributed by atoms with Gasteiger partial charge in [0.1, 0.15) is 6.10 Å². The second kappa shape index (κ2) is 5.43. The first kappa shape index (κ1) is 12.4. The van der Waals surface area contributed by atoms with E-state index in [9.17, 15) is 15.0 Å². The molecule has 0 bridgehead atoms. The van der Waals surface area contributed by atoms with Crippen LogP contribution in [0.15, 0.2) is 18.3 Å². The van der Waals surface area contributed by atoms with E-state index in [1.165, 1.54) is 13.3 Å². The number of aliphatic hydroxyl groups excluding tert-OH is 2. The molecule has 16 heavy (non-hydrogen) atoms. The van der Waals surface area contributed by atoms with E-state index >= 15 is 0 Å². The van der Waals surface area contributed by atoms with Crippen molar-refractivity contribution in [3.8, 4) is 5.88 Å². The molecule has 1 rings (SSSR count). The molecular weight excluding hydrogens is 212 g/mol. The van der Waals surface area contributed by atoms with Gasteiger partial charge in [-0.05, 0) is 12.1 Å². The van der Waals surface area contributed by atoms with E-state index in [2.05, 4.69) is 4.98 Å². The maximum Gasteiger partial charge on any atom is 0.220 e. The van der Waals surface area contributed by atoms with Crippen LogP contribution in [0.4, 0.5) is 0 Å². The van der Waals surface area contributed by atoms with Crippen LogP contribution >= 0.6 is 0 Å². The predicted molar refractivity (Wildman–Crippen MR) is 55.6 cm³/mol. The van der Waals surface area contributed by atoms with Crippen molar-refractivity contribution in [1.82, 2.24) is 4.98 Å². The molecule has 0 radical (unpaired) electrons. The molecule has 0 spiro atoms. The quantitative estimate of drug-likeness (QED) is 0.619. The number of amides is 1. The fourth-order valence-corrected chi connectivity index (χ4v) is 1.32. The Labute approximate surface area is 92.7 Å². The number of rotatable bonds is 5. The smallest absolute Gasteiger partial charge is 0.220 e. The summed E-state index contributed by atoms with van der Waals surface area (Å²) in [5.74, 6) is -0.479. The Morgan fingerprint density at radius 2 is 2.31 bits per heavy atom. The molecule has 1 aromatic rings. The number of aromatic nitrogens is 1. The van der Waals surface area contributed by atoms with Crippen LogP contribution in [-0.4, -0.2) is 34.3 Å². The second-order valence-electron chi connectivity index (χ2n) is 3.28. The largest absolute Gasteiger partial charge is 0.481 e. The zero-order valence-corrected chi connectivity index (χ0v) is 8.83. The van der Waals surface area contributed by atoms with Gasteiger partial charge in [0.2, 0.25) is 11.8 Å². The Hall–Kier alpha value is -1.66. The molecule has 6 nitrogen and oxygen atoms in total. The molecule has 1 aromatic heterocycles. The predicted octanol–water partition coefficient (Wildman–Crippen LogP) is -0.640. The molecule has 6 heteroatoms. The van der Waals surface area contributed by atoms with Crippen LogP contribution in [0.5, 0.6) is 5.88 Å². The summed E-state index contributed by atoms with van der Waals surface area (Å²) in [6.45, 7) is 0. The van der Waals surface area contributed by atoms with Crippen LogP contribution in [0, 0.1) is 0 Å². The fraction of sp³-hybridized carbons (Fsp3) is 0.400. The molecule has 0 saturated carbocycles. The van der Waals surface area contributed by atoms with Gasteiger partial charge in [0.05, 0.1) is 19.6 Å². The van der Waals surface area contributed by atoms with Gasteiger partial charge in [0.25, 0.3) is 0 Å². The van der Waals surface area contributed by atoms with Crippen molar-refractivity contribution < 1.29 is 19.7 Å². The summed E-state index contributed by atoms with van der Waals surface area (Å²) in [5.41, 5.74) is 5.24. The van der Waals surface area contributed by atoms with Gasteiger partial charge in [-0.25, -0.2) is 4.98 Å². The Morgan fingerprint density at radius 1 is 1.62 bits per heavy atom. The highest BCUT2D eigenvalue weighted by Gasteiger charge is 2.23. The summed E-state index contributed by atoms with van der Waals surface area (Å²) >= 11 is 0. The number of primary amides is 1. The number of aliphatic hydroxyl groups is 2. The molecule has 4 N–H and O–H groups in total. The van der Waals surface area contributed by atoms with Gasteiger partial charge in [-0.1, -0.05) is 0 Å². The Kier molecular flexibility index (Phi) is 4.21. The maximum atomic E-state index is 10.6. The Morgan fingerprint density at radius 3 is 2.88 bits per heavy atom. The molecule has 0 aliphatic carbocycles. The molecule has 0 aromatic carbocycles. The lowest BCUT2D eigenvalue weighted by Gasteiger charge is -2.18. The lowest BCUT2D eigenvalue weighted by molar-refractivity contribution is -0.121. The van der Waals surface area contributed by atoms with E-state index in [1.54, 1.807) is 12.1 Å². The number of nitrogens with zero attached hydrogens (tertiary/aromatic N) is 1. The minimum absolute atomic E-state index is 0.207. The third-order valence-electron chi connectivity index (χ3n) is 2.09. The number of methoxy groups -OCH3 is 1. The van der Waals surface area contributed by atoms with E-state index in [4.69, 9.17) is 10.5 Å². The molecule has 1 amide bonds. The number of carbonyl (C=O) groups is 1. The zero-order valence-electron chi connectivity index (χ0n) is 8.83. The van der Waals surface area contributed by atoms with Gasteiger partial charge in [0.15, 0.2) is 0 Å². The summed E-state index contributed by atoms with van der Waals surface area (Å²) in [6.07, 6.45) is -1.35. The number of ether oxygens (including phenoxy) is 1. The highest BCUT2D eigenvalue weighted by atomic mass is 16.5. The highest BCUT2D eigenvalue weighted by Crippen LogP contribution is 2.25. The molecule has 0 saturated heterocycles. The number of hydrogen-bond acceptors (Lipinski definition) is 5. The van der Waals surface area contributed by atoms with Gasteiger partial charge in [0, 0.05) is 11.8 Å². The standard InChI is InChI=1S/C10H14N2O4/c1-16-10-6(3-2-4-12-10)9(15)7(13)5-8(11)14/h2-4,7,9,13,15H,5H2,1H3,(H2,11,14). The lowest BCUT2D eigenvalue weighted by atomic mass is 10.0. The SMILES string of the molecule is COc1ncccc1C(O)C(O)CC(N)=O. The fourth-order valence-electron chi connectivity index (χ4n) is 1.32. The van der Waals surface area contributed by atoms with Crippen molar-refractivity contribution in [3.05, 3.63) is 23.9 Å². The lowest BCUT2D eigenvalue weighted by Crippen LogP contribution is -2.26. The number of pyridine rings is 1. The second-order valence-corrected chi connectivity index (χ2v) is 3.28. The average Bonchev–Trinajstić information content (AvgIpc) is 2.27. The highest BCUT2D eigenvalue weighted by molar-refractivity contribution is 5.74. The van der Waals surface area contributed by atoms with Crippen molar-refractivity contribution in [2.24, 2.45) is 5.73 Å². The molecule has 0 aliphatic rings. The summed E-state index contributed by atoms with van der Waals surface area (Å²) in [6, 6.07) is 3.15. The van der Waals surface area contributed by atoms with Crippen molar-refractivity contribution in [1.29, 1.82) is 0 Å². The minimum Gasteiger partial charge on any atom is -0.481 e. The van der Waals surface area contributed by atoms with Crippen LogP contribution in [-0.2, 0) is 4.79 Å². The molecule has 2 unspecified atom stereocenters. The minimum atomic E-state index is -1.27. The van der Waals surface area contributed by atoms with Gasteiger partial charge in [-0.2, -0.15) is 0 Å². The number of hydrogen-bond donors (Lipinski definition) is 3. The normalized spacial score (nSPS) is 14.2. The van der Waals surface area contributed by atoms with Gasteiger partial charge in [-0.15, -0.1) is 0 Å². The van der Waals surface area contributed by atoms with Crippen molar-refractivity contribution in [2.75, 3.05) is 7.11 Å². The molecule has 88 valence electrons. The van der Waals surface area contributed by atoms with E-state index in [-0.39, 0.29) is 12.3 Å². The van der Waals surface area contributed by atoms with E-state index in [0.717, 1.165) is 0 Å². The van der Waals surface area contributed by atoms with Crippen molar-refractivity contribution >= 4 is 5.91 Å². The van der Waals surface area contributed by atoms with Gasteiger partial charge >= 0.3 is 0 Å². The maximum absolute atomic E-state index is 10.6. The van der Waals surface area contributed by atoms with Crippen LogP contribution in [0.1, 0.15) is 18.1 Å². The summed E-state index contributed by atoms with van der Waals surface area (Å²) in [4.78, 5) is 14.5. The molecule has 0 aliphatic heterocycles. The van der Waals surface area contributed by atoms with Crippen LogP contribution < -0.4 is 10.5 Å². The number of carbonyl (C=O) groups excluding carboxylic acids is 1.